The van der Waals surface area contributed by atoms with Crippen molar-refractivity contribution in [1.82, 2.24) is 0 Å². The van der Waals surface area contributed by atoms with Gasteiger partial charge in [-0.1, -0.05) is 37.8 Å². The molecule has 0 amide bonds. The van der Waals surface area contributed by atoms with Gasteiger partial charge in [-0.05, 0) is 55.0 Å². The summed E-state index contributed by atoms with van der Waals surface area (Å²) >= 11 is 0. The van der Waals surface area contributed by atoms with Crippen LogP contribution in [-0.2, 0) is 28.7 Å². The van der Waals surface area contributed by atoms with Crippen LogP contribution in [0.5, 0.6) is 23.0 Å². The Morgan fingerprint density at radius 2 is 1.21 bits per heavy atom. The number of hydrogen-bond acceptors (Lipinski definition) is 16. The minimum Gasteiger partial charge on any atom is -0.870 e. The molecule has 0 fully saturated rings. The van der Waals surface area contributed by atoms with Crippen molar-refractivity contribution in [2.45, 2.75) is 20.8 Å². The Morgan fingerprint density at radius 3 is 1.70 bits per heavy atom. The molecule has 0 spiro atoms. The first-order valence-electron chi connectivity index (χ1n) is 17.5. The Kier molecular flexibility index (Phi) is 39.4. The predicted octanol–water partition coefficient (Wildman–Crippen LogP) is -15.8. The Labute approximate surface area is 575 Å². The third-order valence-electron chi connectivity index (χ3n) is 7.67. The number of aldehydes is 1. The minimum atomic E-state index is -1.65. The van der Waals surface area contributed by atoms with Crippen LogP contribution in [0.4, 0.5) is 20.2 Å². The number of fused-ring (bicyclic) bond motifs is 1. The number of carbonyl (C=O) groups is 5. The molecule has 23 heteroatoms. The maximum absolute atomic E-state index is 14.7. The summed E-state index contributed by atoms with van der Waals surface area (Å²) in [5.74, 6) is -9.68. The molecule has 0 aromatic heterocycles. The Balaban J connectivity index is -0.00000507. The molecule has 1 heterocycles. The molecule has 0 aliphatic carbocycles. The molecule has 0 unspecified atom stereocenters. The van der Waals surface area contributed by atoms with Crippen molar-refractivity contribution >= 4 is 47.1 Å². The maximum Gasteiger partial charge on any atom is 1.00 e. The third kappa shape index (κ3) is 22.7. The van der Waals surface area contributed by atoms with Crippen molar-refractivity contribution in [2.24, 2.45) is 0 Å². The Morgan fingerprint density at radius 1 is 0.714 bits per heavy atom. The van der Waals surface area contributed by atoms with Crippen molar-refractivity contribution in [2.75, 3.05) is 62.4 Å². The summed E-state index contributed by atoms with van der Waals surface area (Å²) in [7, 11) is 0. The van der Waals surface area contributed by atoms with Gasteiger partial charge >= 0.3 is 257 Å². The summed E-state index contributed by atoms with van der Waals surface area (Å²) in [6.07, 6.45) is 2.31. The number of ether oxygens (including phenoxy) is 4. The van der Waals surface area contributed by atoms with E-state index >= 15 is 0 Å². The van der Waals surface area contributed by atoms with Crippen LogP contribution in [0.1, 0.15) is 31.9 Å². The van der Waals surface area contributed by atoms with Crippen LogP contribution in [0.15, 0.2) is 83.9 Å². The van der Waals surface area contributed by atoms with E-state index in [-0.39, 0.29) is 340 Å². The summed E-state index contributed by atoms with van der Waals surface area (Å²) in [4.78, 5) is 58.9. The van der Waals surface area contributed by atoms with Crippen molar-refractivity contribution in [1.29, 1.82) is 0 Å². The predicted molar refractivity (Wildman–Crippen MR) is 192 cm³/mol. The molecule has 310 valence electrons. The molecule has 0 radical (unpaired) electrons. The van der Waals surface area contributed by atoms with E-state index in [1.807, 2.05) is 13.8 Å². The number of benzene rings is 3. The molecule has 1 aliphatic heterocycles. The van der Waals surface area contributed by atoms with Gasteiger partial charge in [-0.25, -0.2) is 8.78 Å². The summed E-state index contributed by atoms with van der Waals surface area (Å²) < 4.78 is 52.0. The van der Waals surface area contributed by atoms with Gasteiger partial charge in [0.15, 0.2) is 0 Å². The van der Waals surface area contributed by atoms with E-state index in [1.165, 1.54) is 36.4 Å². The maximum atomic E-state index is 14.7. The number of carboxylic acids is 4. The van der Waals surface area contributed by atoms with Gasteiger partial charge in [0.2, 0.25) is 0 Å². The fourth-order valence-corrected chi connectivity index (χ4v) is 5.58. The monoisotopic (exact) mass is 1000 g/mol. The van der Waals surface area contributed by atoms with E-state index in [1.54, 1.807) is 6.07 Å². The zero-order chi connectivity index (χ0) is 42.9. The van der Waals surface area contributed by atoms with Gasteiger partial charge in [-0.15, -0.1) is 0 Å². The summed E-state index contributed by atoms with van der Waals surface area (Å²) in [6.45, 7) is 1.18. The Bertz CT molecular complexity index is 2070. The second kappa shape index (κ2) is 36.2. The smallest absolute Gasteiger partial charge is 0.870 e. The van der Waals surface area contributed by atoms with Crippen molar-refractivity contribution in [3.8, 4) is 23.0 Å². The van der Waals surface area contributed by atoms with Crippen LogP contribution in [0.2, 0.25) is 0 Å². The van der Waals surface area contributed by atoms with Gasteiger partial charge in [0.25, 0.3) is 0 Å². The molecule has 0 saturated carbocycles. The molecular formula is C40H37F2K5N2O14. The van der Waals surface area contributed by atoms with E-state index < -0.39 is 67.4 Å². The first-order valence-corrected chi connectivity index (χ1v) is 17.5. The van der Waals surface area contributed by atoms with Crippen LogP contribution in [0.3, 0.4) is 0 Å². The molecule has 3 aromatic rings. The first kappa shape index (κ1) is 68.5. The van der Waals surface area contributed by atoms with Gasteiger partial charge in [0.1, 0.15) is 48.3 Å². The minimum absolute atomic E-state index is 0. The standard InChI is InChI=1S/C38H36F2N2O14.C2H6.5K/c1-22(39)14-24-30(8-9-43)56-32-17-29(44)26(40)16-25(32)38(24)23-6-7-28(42(20-36(49)50)21-37(51)52)33(15-23)55-13-11-53-10-12-54-31-5-3-2-4-27(31)41(18-34(45)46)19-35(47)48;1-2;;;;;/h2-9,14-17,44H,10-13,18-21H2,1H3,(H,45,46)(H,47,48)(H,49,50)(H,51,52);1-2H3;;;;;/q;;5*+1/p-5/b22-14+,30-8+;;;;;;. The largest absolute Gasteiger partial charge is 1.00 e. The number of rotatable bonds is 21. The van der Waals surface area contributed by atoms with E-state index in [4.69, 9.17) is 18.9 Å². The topological polar surface area (TPSA) is 244 Å². The average molecular weight is 1000 g/mol. The number of nitrogens with zero attached hydrogens (tertiary/aromatic N) is 2. The summed E-state index contributed by atoms with van der Waals surface area (Å²) in [5, 5.41) is 57.7. The number of carbonyl (C=O) groups excluding carboxylic acids is 5. The third-order valence-corrected chi connectivity index (χ3v) is 7.67. The van der Waals surface area contributed by atoms with E-state index in [9.17, 15) is 58.3 Å². The summed E-state index contributed by atoms with van der Waals surface area (Å²) in [5.41, 5.74) is 0.208. The van der Waals surface area contributed by atoms with Crippen LogP contribution in [0, 0.1) is 5.82 Å². The summed E-state index contributed by atoms with van der Waals surface area (Å²) in [6, 6.07) is 11.7. The number of para-hydroxylation sites is 2. The number of allylic oxidation sites excluding steroid dienone is 3. The molecule has 1 aliphatic rings. The number of anilines is 2. The molecule has 63 heavy (non-hydrogen) atoms. The number of halogens is 2. The normalized spacial score (nSPS) is 11.7. The molecule has 4 rings (SSSR count). The molecule has 0 atom stereocenters. The fraction of sp³-hybridized carbons (Fsp3) is 0.275. The average Bonchev–Trinajstić information content (AvgIpc) is 3.15. The van der Waals surface area contributed by atoms with Gasteiger partial charge in [-0.2, -0.15) is 0 Å². The SMILES string of the molecule is C/C(F)=C\C1=C(c2ccc(N(CC(=O)[O-])CC(=O)[O-])c(OCCOCCOc3ccccc3N(CC(=O)[O-])CC(=O)[O-])c2)c2cc(F)c([O-])cc2O/C1=C/C=O.CC.[K+].[K+].[K+].[K+].[K+]. The molecule has 3 aromatic carbocycles. The molecular weight excluding hydrogens is 966 g/mol. The molecule has 0 saturated heterocycles. The fourth-order valence-electron chi connectivity index (χ4n) is 5.58. The number of carboxylic acid groups (broad SMARTS) is 4. The van der Waals surface area contributed by atoms with Gasteiger partial charge in [-0.3, -0.25) is 4.79 Å². The van der Waals surface area contributed by atoms with Gasteiger partial charge in [0.05, 0.1) is 80.5 Å². The number of aliphatic carboxylic acids is 4. The molecule has 0 bridgehead atoms. The quantitative estimate of drug-likeness (QED) is 0.0417. The molecule has 16 nitrogen and oxygen atoms in total. The first-order chi connectivity index (χ1) is 27.7. The Hall–Kier alpha value is 1.23. The van der Waals surface area contributed by atoms with Crippen LogP contribution in [-0.4, -0.2) is 82.8 Å². The van der Waals surface area contributed by atoms with E-state index in [0.717, 1.165) is 41.0 Å². The van der Waals surface area contributed by atoms with Gasteiger partial charge < -0.3 is 73.5 Å². The zero-order valence-electron chi connectivity index (χ0n) is 36.5. The molecule has 0 N–H and O–H groups in total. The van der Waals surface area contributed by atoms with Crippen LogP contribution < -0.4 is 306 Å². The van der Waals surface area contributed by atoms with Crippen LogP contribution in [0.25, 0.3) is 5.57 Å². The van der Waals surface area contributed by atoms with Gasteiger partial charge in [0, 0.05) is 22.8 Å². The number of hydrogen-bond donors (Lipinski definition) is 0. The van der Waals surface area contributed by atoms with E-state index in [0.29, 0.717) is 6.29 Å². The van der Waals surface area contributed by atoms with Crippen molar-refractivity contribution < 1.29 is 334 Å². The zero-order valence-corrected chi connectivity index (χ0v) is 52.1. The van der Waals surface area contributed by atoms with Crippen LogP contribution >= 0.6 is 0 Å². The van der Waals surface area contributed by atoms with E-state index in [2.05, 4.69) is 0 Å². The van der Waals surface area contributed by atoms with Crippen molar-refractivity contribution in [3.63, 3.8) is 0 Å². The van der Waals surface area contributed by atoms with Crippen molar-refractivity contribution in [3.05, 3.63) is 101 Å². The second-order valence-electron chi connectivity index (χ2n) is 11.7. The second-order valence-corrected chi connectivity index (χ2v) is 11.7.